The van der Waals surface area contributed by atoms with Gasteiger partial charge in [-0.2, -0.15) is 0 Å². The Balaban J connectivity index is 0.00000240. The minimum absolute atomic E-state index is 0. The number of hydrogen-bond donors (Lipinski definition) is 2. The van der Waals surface area contributed by atoms with Crippen molar-refractivity contribution in [3.05, 3.63) is 28.0 Å². The molecule has 1 aromatic heterocycles. The molecule has 2 heterocycles. The van der Waals surface area contributed by atoms with Crippen molar-refractivity contribution in [2.24, 2.45) is 17.6 Å². The minimum atomic E-state index is -0.683. The lowest BCUT2D eigenvalue weighted by Crippen LogP contribution is -2.57. The average Bonchev–Trinajstić information content (AvgIpc) is 3.31. The van der Waals surface area contributed by atoms with Crippen molar-refractivity contribution in [2.45, 2.75) is 63.1 Å². The van der Waals surface area contributed by atoms with Crippen LogP contribution in [0.5, 0.6) is 0 Å². The van der Waals surface area contributed by atoms with Crippen molar-refractivity contribution < 1.29 is 18.9 Å². The zero-order chi connectivity index (χ0) is 19.8. The van der Waals surface area contributed by atoms with Crippen LogP contribution >= 0.6 is 12.4 Å². The van der Waals surface area contributed by atoms with Crippen LogP contribution in [-0.2, 0) is 4.79 Å². The number of nitrogens with two attached hydrogens (primary N) is 1. The van der Waals surface area contributed by atoms with E-state index in [1.54, 1.807) is 0 Å². The van der Waals surface area contributed by atoms with E-state index in [1.807, 2.05) is 0 Å². The topological polar surface area (TPSA) is 132 Å². The van der Waals surface area contributed by atoms with Crippen LogP contribution in [0.15, 0.2) is 16.5 Å². The summed E-state index contributed by atoms with van der Waals surface area (Å²) >= 11 is 0. The highest BCUT2D eigenvalue weighted by atomic mass is 35.5. The number of carbonyl (C=O) groups excluding carboxylic acids is 2. The number of likely N-dealkylation sites (tertiary alicyclic amines) is 1. The van der Waals surface area contributed by atoms with Crippen molar-refractivity contribution in [1.29, 1.82) is 0 Å². The molecule has 2 aliphatic carbocycles. The SMILES string of the molecule is Cl.NC1CC2CCCC(C1)C2NC(=O)C1CCCN1C(=O)c1ccc([N+](=O)[O-])o1. The lowest BCUT2D eigenvalue weighted by molar-refractivity contribution is -0.402. The van der Waals surface area contributed by atoms with E-state index in [0.29, 0.717) is 24.8 Å². The predicted octanol–water partition coefficient (Wildman–Crippen LogP) is 2.24. The van der Waals surface area contributed by atoms with Crippen LogP contribution in [-0.4, -0.2) is 46.3 Å². The second-order valence-corrected chi connectivity index (χ2v) is 8.27. The average molecular weight is 427 g/mol. The summed E-state index contributed by atoms with van der Waals surface area (Å²) in [4.78, 5) is 37.3. The summed E-state index contributed by atoms with van der Waals surface area (Å²) in [6.07, 6.45) is 6.52. The Hall–Kier alpha value is -2.13. The molecule has 2 amide bonds. The van der Waals surface area contributed by atoms with Crippen LogP contribution in [0.3, 0.4) is 0 Å². The Morgan fingerprint density at radius 1 is 1.17 bits per heavy atom. The molecule has 1 aliphatic heterocycles. The lowest BCUT2D eigenvalue weighted by atomic mass is 9.67. The van der Waals surface area contributed by atoms with Crippen LogP contribution in [0.2, 0.25) is 0 Å². The molecule has 3 aliphatic rings. The summed E-state index contributed by atoms with van der Waals surface area (Å²) in [5.74, 6) is -0.378. The van der Waals surface area contributed by atoms with Crippen LogP contribution in [0, 0.1) is 22.0 Å². The van der Waals surface area contributed by atoms with Gasteiger partial charge in [0.15, 0.2) is 5.76 Å². The fourth-order valence-corrected chi connectivity index (χ4v) is 5.25. The summed E-state index contributed by atoms with van der Waals surface area (Å²) in [6.45, 7) is 0.438. The first-order chi connectivity index (χ1) is 13.4. The molecule has 2 saturated carbocycles. The Labute approximate surface area is 174 Å². The van der Waals surface area contributed by atoms with E-state index in [9.17, 15) is 19.7 Å². The fraction of sp³-hybridized carbons (Fsp3) is 0.684. The summed E-state index contributed by atoms with van der Waals surface area (Å²) in [6, 6.07) is 2.23. The summed E-state index contributed by atoms with van der Waals surface area (Å²) in [5.41, 5.74) is 6.17. The molecule has 0 aromatic carbocycles. The third kappa shape index (κ3) is 4.25. The number of halogens is 1. The van der Waals surface area contributed by atoms with E-state index in [-0.39, 0.29) is 36.2 Å². The highest BCUT2D eigenvalue weighted by Gasteiger charge is 2.43. The number of amides is 2. The second kappa shape index (κ2) is 8.71. The molecular weight excluding hydrogens is 400 g/mol. The highest BCUT2D eigenvalue weighted by molar-refractivity contribution is 5.96. The van der Waals surface area contributed by atoms with Gasteiger partial charge in [0.2, 0.25) is 5.91 Å². The van der Waals surface area contributed by atoms with Gasteiger partial charge in [0, 0.05) is 18.6 Å². The molecule has 29 heavy (non-hydrogen) atoms. The van der Waals surface area contributed by atoms with Gasteiger partial charge in [0.25, 0.3) is 5.91 Å². The second-order valence-electron chi connectivity index (χ2n) is 8.27. The molecule has 1 saturated heterocycles. The van der Waals surface area contributed by atoms with E-state index in [0.717, 1.165) is 38.2 Å². The quantitative estimate of drug-likeness (QED) is 0.560. The number of nitrogens with zero attached hydrogens (tertiary/aromatic N) is 2. The van der Waals surface area contributed by atoms with Gasteiger partial charge in [0.05, 0.1) is 6.07 Å². The molecule has 160 valence electrons. The maximum absolute atomic E-state index is 13.0. The number of carbonyl (C=O) groups is 2. The maximum Gasteiger partial charge on any atom is 0.433 e. The third-order valence-electron chi connectivity index (χ3n) is 6.48. The first kappa shape index (κ1) is 21.6. The van der Waals surface area contributed by atoms with Gasteiger partial charge >= 0.3 is 5.88 Å². The number of hydrogen-bond acceptors (Lipinski definition) is 6. The Morgan fingerprint density at radius 2 is 1.86 bits per heavy atom. The van der Waals surface area contributed by atoms with Gasteiger partial charge in [0.1, 0.15) is 11.0 Å². The van der Waals surface area contributed by atoms with Crippen molar-refractivity contribution >= 4 is 30.1 Å². The molecule has 2 bridgehead atoms. The number of fused-ring (bicyclic) bond motifs is 2. The molecule has 0 radical (unpaired) electrons. The number of nitro groups is 1. The Morgan fingerprint density at radius 3 is 2.48 bits per heavy atom. The van der Waals surface area contributed by atoms with E-state index in [4.69, 9.17) is 10.2 Å². The molecule has 0 spiro atoms. The zero-order valence-electron chi connectivity index (χ0n) is 16.1. The number of furan rings is 1. The third-order valence-corrected chi connectivity index (χ3v) is 6.48. The molecule has 3 unspecified atom stereocenters. The fourth-order valence-electron chi connectivity index (χ4n) is 5.25. The summed E-state index contributed by atoms with van der Waals surface area (Å²) in [7, 11) is 0. The van der Waals surface area contributed by atoms with Crippen molar-refractivity contribution in [2.75, 3.05) is 6.54 Å². The van der Waals surface area contributed by atoms with Crippen molar-refractivity contribution in [1.82, 2.24) is 10.2 Å². The summed E-state index contributed by atoms with van der Waals surface area (Å²) < 4.78 is 5.03. The standard InChI is InChI=1S/C19H26N4O5.ClH/c20-13-9-11-3-1-4-12(10-13)17(11)21-18(24)14-5-2-8-22(14)19(25)15-6-7-16(28-15)23(26)27;/h6-7,11-14,17H,1-5,8-10,20H2,(H,21,24);1H. The van der Waals surface area contributed by atoms with E-state index >= 15 is 0 Å². The predicted molar refractivity (Wildman–Crippen MR) is 107 cm³/mol. The lowest BCUT2D eigenvalue weighted by Gasteiger charge is -2.45. The van der Waals surface area contributed by atoms with E-state index in [2.05, 4.69) is 5.32 Å². The molecular formula is C19H27ClN4O5. The molecule has 3 fully saturated rings. The maximum atomic E-state index is 13.0. The van der Waals surface area contributed by atoms with Gasteiger partial charge in [-0.1, -0.05) is 6.42 Å². The zero-order valence-corrected chi connectivity index (χ0v) is 16.9. The van der Waals surface area contributed by atoms with E-state index in [1.165, 1.54) is 17.4 Å². The van der Waals surface area contributed by atoms with E-state index < -0.39 is 22.8 Å². The molecule has 3 atom stereocenters. The summed E-state index contributed by atoms with van der Waals surface area (Å²) in [5, 5.41) is 14.0. The monoisotopic (exact) mass is 426 g/mol. The smallest absolute Gasteiger partial charge is 0.395 e. The molecule has 9 nitrogen and oxygen atoms in total. The molecule has 4 rings (SSSR count). The van der Waals surface area contributed by atoms with Gasteiger partial charge in [-0.25, -0.2) is 0 Å². The normalized spacial score (nSPS) is 31.1. The largest absolute Gasteiger partial charge is 0.433 e. The Bertz CT molecular complexity index is 770. The van der Waals surface area contributed by atoms with Gasteiger partial charge in [-0.05, 0) is 56.4 Å². The number of nitrogens with one attached hydrogen (secondary N) is 1. The van der Waals surface area contributed by atoms with Gasteiger partial charge in [-0.15, -0.1) is 12.4 Å². The molecule has 1 aromatic rings. The first-order valence-corrected chi connectivity index (χ1v) is 10.0. The van der Waals surface area contributed by atoms with Crippen molar-refractivity contribution in [3.63, 3.8) is 0 Å². The highest BCUT2D eigenvalue weighted by Crippen LogP contribution is 2.40. The van der Waals surface area contributed by atoms with Crippen LogP contribution < -0.4 is 11.1 Å². The Kier molecular flexibility index (Phi) is 6.48. The molecule has 10 heteroatoms. The number of rotatable bonds is 4. The molecule has 3 N–H and O–H groups in total. The minimum Gasteiger partial charge on any atom is -0.395 e. The first-order valence-electron chi connectivity index (χ1n) is 10.0. The van der Waals surface area contributed by atoms with Gasteiger partial charge in [-0.3, -0.25) is 19.7 Å². The van der Waals surface area contributed by atoms with Crippen LogP contribution in [0.1, 0.15) is 55.5 Å². The van der Waals surface area contributed by atoms with Crippen LogP contribution in [0.4, 0.5) is 5.88 Å². The van der Waals surface area contributed by atoms with Gasteiger partial charge < -0.3 is 20.4 Å². The van der Waals surface area contributed by atoms with Crippen molar-refractivity contribution in [3.8, 4) is 0 Å². The van der Waals surface area contributed by atoms with Crippen LogP contribution in [0.25, 0.3) is 0 Å².